The highest BCUT2D eigenvalue weighted by molar-refractivity contribution is 6.49. The fraction of sp³-hybridized carbons (Fsp3) is 0. The minimum Gasteiger partial charge on any atom is -0.423 e. The summed E-state index contributed by atoms with van der Waals surface area (Å²) in [6.07, 6.45) is 1.87. The lowest BCUT2D eigenvalue weighted by atomic mass is 10.2. The van der Waals surface area contributed by atoms with Crippen LogP contribution in [0.25, 0.3) is 5.03 Å². The zero-order chi connectivity index (χ0) is 14.4. The number of hydrogen-bond acceptors (Lipinski definition) is 3. The predicted octanol–water partition coefficient (Wildman–Crippen LogP) is 3.68. The van der Waals surface area contributed by atoms with Crippen LogP contribution in [0.3, 0.4) is 0 Å². The van der Waals surface area contributed by atoms with Gasteiger partial charge in [-0.15, -0.1) is 0 Å². The Morgan fingerprint density at radius 1 is 0.950 bits per heavy atom. The van der Waals surface area contributed by atoms with E-state index >= 15 is 0 Å². The molecule has 0 N–H and O–H groups in total. The van der Waals surface area contributed by atoms with Crippen molar-refractivity contribution in [2.75, 3.05) is 0 Å². The molecule has 4 heteroatoms. The van der Waals surface area contributed by atoms with Crippen LogP contribution in [0.2, 0.25) is 0 Å². The summed E-state index contributed by atoms with van der Waals surface area (Å²) in [5.74, 6) is -0.00828. The van der Waals surface area contributed by atoms with Crippen molar-refractivity contribution in [3.05, 3.63) is 71.8 Å². The van der Waals surface area contributed by atoms with E-state index in [1.165, 1.54) is 6.08 Å². The maximum Gasteiger partial charge on any atom is 0.343 e. The van der Waals surface area contributed by atoms with Gasteiger partial charge in [0.15, 0.2) is 0 Å². The van der Waals surface area contributed by atoms with Gasteiger partial charge in [0.25, 0.3) is 0 Å². The predicted molar refractivity (Wildman–Crippen MR) is 77.7 cm³/mol. The molecule has 0 aliphatic rings. The van der Waals surface area contributed by atoms with Gasteiger partial charge in [0.05, 0.1) is 10.6 Å². The van der Waals surface area contributed by atoms with Crippen molar-refractivity contribution in [3.8, 4) is 5.75 Å². The van der Waals surface area contributed by atoms with Crippen LogP contribution in [-0.2, 0) is 4.79 Å². The van der Waals surface area contributed by atoms with Gasteiger partial charge >= 0.3 is 5.97 Å². The fourth-order valence-electron chi connectivity index (χ4n) is 1.58. The highest BCUT2D eigenvalue weighted by Gasteiger charge is 2.07. The van der Waals surface area contributed by atoms with Crippen LogP contribution in [0.15, 0.2) is 60.7 Å². The summed E-state index contributed by atoms with van der Waals surface area (Å²) in [7, 11) is 0. The van der Waals surface area contributed by atoms with Crippen molar-refractivity contribution in [1.29, 1.82) is 0 Å². The number of halogens is 1. The van der Waals surface area contributed by atoms with Gasteiger partial charge in [-0.25, -0.2) is 4.79 Å². The first-order valence-electron chi connectivity index (χ1n) is 5.89. The number of esters is 1. The standard InChI is InChI=1S/C16H11ClO3/c17-15(10-11-18)12-6-8-14(9-7-12)20-16(19)13-4-2-1-3-5-13/h1-11H. The van der Waals surface area contributed by atoms with E-state index in [9.17, 15) is 9.59 Å². The summed E-state index contributed by atoms with van der Waals surface area (Å²) < 4.78 is 5.22. The Labute approximate surface area is 121 Å². The minimum absolute atomic E-state index is 0.334. The van der Waals surface area contributed by atoms with Crippen LogP contribution in [-0.4, -0.2) is 12.3 Å². The van der Waals surface area contributed by atoms with Crippen molar-refractivity contribution < 1.29 is 14.3 Å². The van der Waals surface area contributed by atoms with Crippen LogP contribution >= 0.6 is 11.6 Å². The Kier molecular flexibility index (Phi) is 4.69. The molecule has 0 radical (unpaired) electrons. The van der Waals surface area contributed by atoms with E-state index in [0.29, 0.717) is 28.2 Å². The maximum absolute atomic E-state index is 11.8. The first kappa shape index (κ1) is 14.0. The van der Waals surface area contributed by atoms with Crippen molar-refractivity contribution in [2.45, 2.75) is 0 Å². The number of carbonyl (C=O) groups is 2. The largest absolute Gasteiger partial charge is 0.423 e. The second-order valence-corrected chi connectivity index (χ2v) is 4.34. The second-order valence-electron chi connectivity index (χ2n) is 3.93. The Bertz CT molecular complexity index is 631. The normalized spacial score (nSPS) is 10.9. The highest BCUT2D eigenvalue weighted by atomic mass is 35.5. The molecule has 0 amide bonds. The number of carbonyl (C=O) groups excluding carboxylic acids is 2. The van der Waals surface area contributed by atoms with Crippen LogP contribution in [0.4, 0.5) is 0 Å². The number of aldehydes is 1. The SMILES string of the molecule is O=CC=C(Cl)c1ccc(OC(=O)c2ccccc2)cc1. The van der Waals surface area contributed by atoms with E-state index < -0.39 is 5.97 Å². The van der Waals surface area contributed by atoms with Crippen LogP contribution in [0, 0.1) is 0 Å². The zero-order valence-electron chi connectivity index (χ0n) is 10.5. The summed E-state index contributed by atoms with van der Waals surface area (Å²) in [4.78, 5) is 22.2. The smallest absolute Gasteiger partial charge is 0.343 e. The van der Waals surface area contributed by atoms with Gasteiger partial charge < -0.3 is 4.74 Å². The van der Waals surface area contributed by atoms with Gasteiger partial charge in [-0.1, -0.05) is 29.8 Å². The Morgan fingerprint density at radius 3 is 2.20 bits per heavy atom. The van der Waals surface area contributed by atoms with E-state index in [1.54, 1.807) is 48.5 Å². The van der Waals surface area contributed by atoms with E-state index in [4.69, 9.17) is 16.3 Å². The topological polar surface area (TPSA) is 43.4 Å². The summed E-state index contributed by atoms with van der Waals surface area (Å²) in [6.45, 7) is 0. The third kappa shape index (κ3) is 3.56. The summed E-state index contributed by atoms with van der Waals surface area (Å²) in [6, 6.07) is 15.3. The van der Waals surface area contributed by atoms with Gasteiger partial charge in [0, 0.05) is 0 Å². The molecule has 0 bridgehead atoms. The monoisotopic (exact) mass is 286 g/mol. The summed E-state index contributed by atoms with van der Waals surface area (Å²) >= 11 is 5.88. The molecule has 0 fully saturated rings. The number of ether oxygens (including phenoxy) is 1. The quantitative estimate of drug-likeness (QED) is 0.373. The minimum atomic E-state index is -0.423. The number of allylic oxidation sites excluding steroid dienone is 1. The Balaban J connectivity index is 2.10. The molecule has 0 saturated carbocycles. The number of hydrogen-bond donors (Lipinski definition) is 0. The summed E-state index contributed by atoms with van der Waals surface area (Å²) in [5.41, 5.74) is 1.16. The molecule has 0 spiro atoms. The van der Waals surface area contributed by atoms with Crippen LogP contribution < -0.4 is 4.74 Å². The highest BCUT2D eigenvalue weighted by Crippen LogP contribution is 2.21. The average molecular weight is 287 g/mol. The second kappa shape index (κ2) is 6.68. The lowest BCUT2D eigenvalue weighted by molar-refractivity contribution is -0.104. The maximum atomic E-state index is 11.8. The van der Waals surface area contributed by atoms with Crippen LogP contribution in [0.5, 0.6) is 5.75 Å². The van der Waals surface area contributed by atoms with Crippen molar-refractivity contribution in [3.63, 3.8) is 0 Å². The lowest BCUT2D eigenvalue weighted by Gasteiger charge is -2.05. The lowest BCUT2D eigenvalue weighted by Crippen LogP contribution is -2.07. The van der Waals surface area contributed by atoms with Gasteiger partial charge in [0.2, 0.25) is 0 Å². The molecule has 3 nitrogen and oxygen atoms in total. The van der Waals surface area contributed by atoms with Crippen LogP contribution in [0.1, 0.15) is 15.9 Å². The van der Waals surface area contributed by atoms with E-state index in [-0.39, 0.29) is 0 Å². The molecule has 2 rings (SSSR count). The van der Waals surface area contributed by atoms with Gasteiger partial charge in [-0.3, -0.25) is 4.79 Å². The molecule has 2 aromatic rings. The first-order chi connectivity index (χ1) is 9.70. The third-order valence-corrected chi connectivity index (χ3v) is 2.91. The summed E-state index contributed by atoms with van der Waals surface area (Å²) in [5, 5.41) is 0.334. The van der Waals surface area contributed by atoms with E-state index in [2.05, 4.69) is 0 Å². The third-order valence-electron chi connectivity index (χ3n) is 2.56. The van der Waals surface area contributed by atoms with Gasteiger partial charge in [-0.05, 0) is 48.0 Å². The molecule has 100 valence electrons. The average Bonchev–Trinajstić information content (AvgIpc) is 2.49. The van der Waals surface area contributed by atoms with Crippen molar-refractivity contribution in [2.24, 2.45) is 0 Å². The van der Waals surface area contributed by atoms with Crippen molar-refractivity contribution >= 4 is 28.9 Å². The van der Waals surface area contributed by atoms with E-state index in [0.717, 1.165) is 0 Å². The molecular weight excluding hydrogens is 276 g/mol. The Morgan fingerprint density at radius 2 is 1.60 bits per heavy atom. The molecule has 0 saturated heterocycles. The molecule has 0 heterocycles. The molecule has 0 unspecified atom stereocenters. The van der Waals surface area contributed by atoms with E-state index in [1.807, 2.05) is 6.07 Å². The zero-order valence-corrected chi connectivity index (χ0v) is 11.2. The first-order valence-corrected chi connectivity index (χ1v) is 6.27. The Hall–Kier alpha value is -2.39. The molecule has 0 aromatic heterocycles. The van der Waals surface area contributed by atoms with Crippen molar-refractivity contribution in [1.82, 2.24) is 0 Å². The number of benzene rings is 2. The van der Waals surface area contributed by atoms with Gasteiger partial charge in [-0.2, -0.15) is 0 Å². The molecule has 20 heavy (non-hydrogen) atoms. The molecule has 0 aliphatic carbocycles. The molecule has 0 aliphatic heterocycles. The fourth-order valence-corrected chi connectivity index (χ4v) is 1.76. The molecule has 2 aromatic carbocycles. The number of rotatable bonds is 4. The molecule has 0 atom stereocenters. The van der Waals surface area contributed by atoms with Gasteiger partial charge in [0.1, 0.15) is 12.0 Å². The molecular formula is C16H11ClO3.